The molecule has 0 spiro atoms. The fourth-order valence-corrected chi connectivity index (χ4v) is 3.74. The molecule has 17 heavy (non-hydrogen) atoms. The Labute approximate surface area is 102 Å². The van der Waals surface area contributed by atoms with Gasteiger partial charge in [0.25, 0.3) is 0 Å². The molecule has 0 aliphatic carbocycles. The van der Waals surface area contributed by atoms with Crippen molar-refractivity contribution in [2.75, 3.05) is 0 Å². The summed E-state index contributed by atoms with van der Waals surface area (Å²) in [4.78, 5) is 0. The second-order valence-corrected chi connectivity index (χ2v) is 5.63. The Morgan fingerprint density at radius 1 is 0.706 bits per heavy atom. The zero-order valence-corrected chi connectivity index (χ0v) is 10.1. The van der Waals surface area contributed by atoms with Crippen molar-refractivity contribution >= 4 is 18.5 Å². The van der Waals surface area contributed by atoms with Crippen LogP contribution in [-0.4, -0.2) is 0 Å². The Morgan fingerprint density at radius 2 is 1.12 bits per heavy atom. The molecule has 1 heterocycles. The molecular formula is C15H10NP. The molecule has 0 unspecified atom stereocenters. The van der Waals surface area contributed by atoms with Gasteiger partial charge >= 0.3 is 0 Å². The van der Waals surface area contributed by atoms with E-state index in [0.717, 1.165) is 0 Å². The summed E-state index contributed by atoms with van der Waals surface area (Å²) in [5.74, 6) is 2.43. The van der Waals surface area contributed by atoms with Crippen molar-refractivity contribution in [3.05, 3.63) is 71.8 Å². The lowest BCUT2D eigenvalue weighted by atomic mass is 10.1. The van der Waals surface area contributed by atoms with E-state index in [1.807, 2.05) is 36.4 Å². The lowest BCUT2D eigenvalue weighted by Gasteiger charge is -1.90. The predicted molar refractivity (Wildman–Crippen MR) is 72.2 cm³/mol. The van der Waals surface area contributed by atoms with E-state index < -0.39 is 7.92 Å². The molecular weight excluding hydrogens is 225 g/mol. The first-order valence-electron chi connectivity index (χ1n) is 5.47. The third-order valence-corrected chi connectivity index (χ3v) is 4.65. The number of hydrogen-bond donors (Lipinski definition) is 0. The van der Waals surface area contributed by atoms with Crippen LogP contribution in [0.25, 0.3) is 10.6 Å². The zero-order chi connectivity index (χ0) is 11.7. The van der Waals surface area contributed by atoms with Crippen LogP contribution in [0.3, 0.4) is 0 Å². The second kappa shape index (κ2) is 4.17. The molecule has 2 heteroatoms. The van der Waals surface area contributed by atoms with E-state index in [2.05, 4.69) is 30.1 Å². The first-order chi connectivity index (χ1) is 8.42. The fourth-order valence-electron chi connectivity index (χ4n) is 1.99. The highest BCUT2D eigenvalue weighted by Gasteiger charge is 2.38. The van der Waals surface area contributed by atoms with E-state index in [9.17, 15) is 5.26 Å². The van der Waals surface area contributed by atoms with Crippen LogP contribution in [-0.2, 0) is 0 Å². The van der Waals surface area contributed by atoms with E-state index in [1.165, 1.54) is 21.8 Å². The molecule has 1 aliphatic rings. The molecule has 0 atom stereocenters. The van der Waals surface area contributed by atoms with Gasteiger partial charge in [-0.3, -0.25) is 0 Å². The van der Waals surface area contributed by atoms with Gasteiger partial charge in [-0.15, -0.1) is 0 Å². The lowest BCUT2D eigenvalue weighted by molar-refractivity contribution is 1.57. The number of hydrogen-bond acceptors (Lipinski definition) is 1. The van der Waals surface area contributed by atoms with E-state index in [-0.39, 0.29) is 0 Å². The van der Waals surface area contributed by atoms with E-state index in [1.54, 1.807) is 0 Å². The largest absolute Gasteiger partial charge is 0.193 e. The van der Waals surface area contributed by atoms with Crippen LogP contribution in [0.4, 0.5) is 0 Å². The van der Waals surface area contributed by atoms with Gasteiger partial charge in [-0.1, -0.05) is 60.7 Å². The van der Waals surface area contributed by atoms with Gasteiger partial charge < -0.3 is 0 Å². The Hall–Kier alpha value is -1.90. The molecule has 2 aromatic rings. The average Bonchev–Trinajstić information content (AvgIpc) is 3.15. The monoisotopic (exact) mass is 235 g/mol. The first-order valence-corrected chi connectivity index (χ1v) is 6.81. The predicted octanol–water partition coefficient (Wildman–Crippen LogP) is 4.49. The van der Waals surface area contributed by atoms with Gasteiger partial charge in [-0.25, -0.2) is 0 Å². The molecule has 0 fully saturated rings. The summed E-state index contributed by atoms with van der Waals surface area (Å²) in [6.45, 7) is 0. The SMILES string of the molecule is N#CP1C(c2ccccc2)=C1c1ccccc1. The van der Waals surface area contributed by atoms with Gasteiger partial charge in [-0.05, 0) is 11.1 Å². The van der Waals surface area contributed by atoms with Crippen LogP contribution < -0.4 is 0 Å². The maximum absolute atomic E-state index is 9.21. The third-order valence-electron chi connectivity index (χ3n) is 2.82. The third kappa shape index (κ3) is 1.78. The van der Waals surface area contributed by atoms with Crippen molar-refractivity contribution in [2.24, 2.45) is 0 Å². The molecule has 0 saturated carbocycles. The van der Waals surface area contributed by atoms with Crippen molar-refractivity contribution in [3.8, 4) is 5.81 Å². The topological polar surface area (TPSA) is 23.8 Å². The molecule has 0 saturated heterocycles. The number of benzene rings is 2. The summed E-state index contributed by atoms with van der Waals surface area (Å²) in [5.41, 5.74) is 2.39. The van der Waals surface area contributed by atoms with Crippen LogP contribution in [0.15, 0.2) is 60.7 Å². The van der Waals surface area contributed by atoms with E-state index >= 15 is 0 Å². The molecule has 0 aromatic heterocycles. The molecule has 0 radical (unpaired) electrons. The van der Waals surface area contributed by atoms with Crippen LogP contribution in [0, 0.1) is 11.1 Å². The first kappa shape index (κ1) is 10.3. The highest BCUT2D eigenvalue weighted by molar-refractivity contribution is 7.92. The summed E-state index contributed by atoms with van der Waals surface area (Å²) in [7, 11) is -0.689. The molecule has 3 rings (SSSR count). The molecule has 0 bridgehead atoms. The minimum absolute atomic E-state index is 0.689. The van der Waals surface area contributed by atoms with Gasteiger partial charge in [0.1, 0.15) is 0 Å². The molecule has 1 aliphatic heterocycles. The summed E-state index contributed by atoms with van der Waals surface area (Å²) in [6.07, 6.45) is 0. The van der Waals surface area contributed by atoms with Gasteiger partial charge in [-0.2, -0.15) is 5.26 Å². The van der Waals surface area contributed by atoms with Gasteiger partial charge in [0.15, 0.2) is 0 Å². The van der Waals surface area contributed by atoms with Crippen molar-refractivity contribution in [1.29, 1.82) is 5.26 Å². The van der Waals surface area contributed by atoms with Gasteiger partial charge in [0, 0.05) is 10.6 Å². The molecule has 0 amide bonds. The van der Waals surface area contributed by atoms with Crippen LogP contribution in [0.1, 0.15) is 11.1 Å². The zero-order valence-electron chi connectivity index (χ0n) is 9.17. The normalized spacial score (nSPS) is 14.5. The fraction of sp³-hybridized carbons (Fsp3) is 0. The van der Waals surface area contributed by atoms with Crippen molar-refractivity contribution in [3.63, 3.8) is 0 Å². The highest BCUT2D eigenvalue weighted by atomic mass is 31.1. The number of rotatable bonds is 2. The quantitative estimate of drug-likeness (QED) is 0.703. The summed E-state index contributed by atoms with van der Waals surface area (Å²) >= 11 is 0. The Kier molecular flexibility index (Phi) is 2.52. The standard InChI is InChI=1S/C15H10NP/c16-11-17-14(12-7-3-1-4-8-12)15(17)13-9-5-2-6-10-13/h1-10H. The molecule has 0 N–H and O–H groups in total. The molecule has 1 nitrogen and oxygen atoms in total. The summed E-state index contributed by atoms with van der Waals surface area (Å²) in [5, 5.41) is 11.7. The smallest absolute Gasteiger partial charge is 0.0971 e. The van der Waals surface area contributed by atoms with Crippen molar-refractivity contribution in [2.45, 2.75) is 0 Å². The number of nitrogens with zero attached hydrogens (tertiary/aromatic N) is 1. The summed E-state index contributed by atoms with van der Waals surface area (Å²) in [6, 6.07) is 20.4. The lowest BCUT2D eigenvalue weighted by Crippen LogP contribution is -1.70. The second-order valence-electron chi connectivity index (χ2n) is 3.86. The maximum Gasteiger partial charge on any atom is 0.0971 e. The maximum atomic E-state index is 9.21. The number of nitriles is 1. The van der Waals surface area contributed by atoms with E-state index in [0.29, 0.717) is 0 Å². The van der Waals surface area contributed by atoms with Crippen molar-refractivity contribution < 1.29 is 0 Å². The minimum atomic E-state index is -0.689. The Balaban J connectivity index is 2.05. The highest BCUT2D eigenvalue weighted by Crippen LogP contribution is 2.77. The Morgan fingerprint density at radius 3 is 1.47 bits per heavy atom. The van der Waals surface area contributed by atoms with Crippen LogP contribution >= 0.6 is 7.92 Å². The van der Waals surface area contributed by atoms with Gasteiger partial charge in [0.05, 0.1) is 13.7 Å². The average molecular weight is 235 g/mol. The van der Waals surface area contributed by atoms with Crippen molar-refractivity contribution in [1.82, 2.24) is 0 Å². The van der Waals surface area contributed by atoms with Gasteiger partial charge in [0.2, 0.25) is 0 Å². The van der Waals surface area contributed by atoms with E-state index in [4.69, 9.17) is 0 Å². The van der Waals surface area contributed by atoms with Crippen LogP contribution in [0.2, 0.25) is 0 Å². The van der Waals surface area contributed by atoms with Crippen LogP contribution in [0.5, 0.6) is 0 Å². The minimum Gasteiger partial charge on any atom is -0.193 e. The Bertz CT molecular complexity index is 559. The molecule has 2 aromatic carbocycles. The molecule has 80 valence electrons. The summed E-state index contributed by atoms with van der Waals surface area (Å²) < 4.78 is 0.